The first-order chi connectivity index (χ1) is 30.0. The van der Waals surface area contributed by atoms with Crippen LogP contribution in [0.1, 0.15) is 85.7 Å². The molecule has 4 aromatic rings. The molecule has 2 bridgehead atoms. The molecule has 14 nitrogen and oxygen atoms in total. The van der Waals surface area contributed by atoms with Crippen molar-refractivity contribution in [1.82, 2.24) is 10.2 Å². The van der Waals surface area contributed by atoms with Gasteiger partial charge >= 0.3 is 0 Å². The quantitative estimate of drug-likeness (QED) is 0.109. The van der Waals surface area contributed by atoms with Gasteiger partial charge in [0.2, 0.25) is 6.29 Å². The lowest BCUT2D eigenvalue weighted by atomic mass is 9.72. The Morgan fingerprint density at radius 1 is 1.13 bits per heavy atom. The van der Waals surface area contributed by atoms with Crippen molar-refractivity contribution in [2.24, 2.45) is 10.9 Å². The molecule has 6 aliphatic rings. The lowest BCUT2D eigenvalue weighted by molar-refractivity contribution is -0.329. The molecule has 4 heterocycles. The fourth-order valence-corrected chi connectivity index (χ4v) is 10.7. The van der Waals surface area contributed by atoms with Gasteiger partial charge in [0.1, 0.15) is 53.8 Å². The van der Waals surface area contributed by atoms with E-state index in [0.29, 0.717) is 41.5 Å². The van der Waals surface area contributed by atoms with Crippen LogP contribution in [0.3, 0.4) is 0 Å². The summed E-state index contributed by atoms with van der Waals surface area (Å²) >= 11 is 0. The molecule has 2 aliphatic carbocycles. The highest BCUT2D eigenvalue weighted by molar-refractivity contribution is 6.13. The maximum atomic E-state index is 14.9. The third-order valence-corrected chi connectivity index (χ3v) is 13.9. The zero-order valence-corrected chi connectivity index (χ0v) is 34.5. The third kappa shape index (κ3) is 6.42. The van der Waals surface area contributed by atoms with E-state index in [1.165, 1.54) is 12.0 Å². The van der Waals surface area contributed by atoms with Crippen LogP contribution >= 0.6 is 0 Å². The Labute approximate surface area is 358 Å². The number of aryl methyl sites for hydroxylation is 1. The van der Waals surface area contributed by atoms with Crippen molar-refractivity contribution in [3.05, 3.63) is 105 Å². The molecule has 1 saturated heterocycles. The number of ketones is 1. The molecule has 4 aliphatic heterocycles. The summed E-state index contributed by atoms with van der Waals surface area (Å²) in [4.78, 5) is 34.6. The predicted octanol–water partition coefficient (Wildman–Crippen LogP) is 4.24. The maximum Gasteiger partial charge on any atom is 0.254 e. The number of aromatic hydroxyl groups is 1. The van der Waals surface area contributed by atoms with E-state index in [1.807, 2.05) is 43.4 Å². The number of fused-ring (bicyclic) bond motifs is 11. The minimum Gasteiger partial charge on any atom is -0.506 e. The Morgan fingerprint density at radius 3 is 2.76 bits per heavy atom. The summed E-state index contributed by atoms with van der Waals surface area (Å²) in [6.45, 7) is -0.738. The molecule has 0 spiro atoms. The van der Waals surface area contributed by atoms with Crippen LogP contribution in [-0.2, 0) is 29.0 Å². The number of phenols is 1. The van der Waals surface area contributed by atoms with E-state index in [2.05, 4.69) is 10.3 Å². The number of rotatable bonds is 8. The molecular weight excluding hydrogens is 795 g/mol. The van der Waals surface area contributed by atoms with Gasteiger partial charge in [-0.3, -0.25) is 9.59 Å². The van der Waals surface area contributed by atoms with E-state index in [1.54, 1.807) is 30.5 Å². The number of carbonyl (C=O) groups excluding carboxylic acids is 2. The molecule has 322 valence electrons. The molecule has 8 atom stereocenters. The number of nitrogens with one attached hydrogen (secondary N) is 1. The van der Waals surface area contributed by atoms with Gasteiger partial charge in [0.25, 0.3) is 5.91 Å². The highest BCUT2D eigenvalue weighted by Crippen LogP contribution is 2.55. The van der Waals surface area contributed by atoms with Gasteiger partial charge in [0, 0.05) is 30.3 Å². The number of ether oxygens (including phenoxy) is 4. The average molecular weight is 845 g/mol. The van der Waals surface area contributed by atoms with Gasteiger partial charge < -0.3 is 54.7 Å². The summed E-state index contributed by atoms with van der Waals surface area (Å²) in [5.41, 5.74) is 3.43. The van der Waals surface area contributed by atoms with Crippen LogP contribution in [0.25, 0.3) is 16.8 Å². The number of amides is 1. The van der Waals surface area contributed by atoms with E-state index in [4.69, 9.17) is 18.9 Å². The zero-order chi connectivity index (χ0) is 43.0. The number of Topliss-reactive ketones (excluding diaryl/α,β-unsaturated/α-hetero) is 1. The molecule has 10 rings (SSSR count). The maximum absolute atomic E-state index is 14.9. The van der Waals surface area contributed by atoms with Gasteiger partial charge in [-0.05, 0) is 97.0 Å². The summed E-state index contributed by atoms with van der Waals surface area (Å²) in [5, 5.41) is 62.0. The Morgan fingerprint density at radius 2 is 1.97 bits per heavy atom. The van der Waals surface area contributed by atoms with E-state index in [-0.39, 0.29) is 59.5 Å². The Balaban J connectivity index is 1.18. The van der Waals surface area contributed by atoms with E-state index >= 15 is 0 Å². The van der Waals surface area contributed by atoms with Crippen molar-refractivity contribution >= 4 is 40.4 Å². The first-order valence-electron chi connectivity index (χ1n) is 21.4. The van der Waals surface area contributed by atoms with E-state index in [0.717, 1.165) is 59.2 Å². The number of methoxy groups -OCH3 is 1. The summed E-state index contributed by atoms with van der Waals surface area (Å²) in [7, 11) is 3.37. The van der Waals surface area contributed by atoms with Crippen LogP contribution in [0.2, 0.25) is 0 Å². The lowest BCUT2D eigenvalue weighted by Gasteiger charge is -2.47. The first-order valence-corrected chi connectivity index (χ1v) is 21.4. The smallest absolute Gasteiger partial charge is 0.254 e. The number of carbonyl (C=O) groups is 2. The van der Waals surface area contributed by atoms with Crippen LogP contribution in [0.15, 0.2) is 59.6 Å². The molecule has 1 saturated carbocycles. The number of aliphatic hydroxyl groups excluding tert-OH is 3. The number of hydrogen-bond acceptors (Lipinski definition) is 13. The molecule has 4 aromatic carbocycles. The van der Waals surface area contributed by atoms with Crippen LogP contribution in [0.5, 0.6) is 17.2 Å². The fourth-order valence-electron chi connectivity index (χ4n) is 10.7. The van der Waals surface area contributed by atoms with Crippen molar-refractivity contribution in [3.63, 3.8) is 0 Å². The van der Waals surface area contributed by atoms with E-state index in [9.17, 15) is 35.1 Å². The lowest BCUT2D eigenvalue weighted by Crippen LogP contribution is -2.69. The average Bonchev–Trinajstić information content (AvgIpc) is 4.01. The molecule has 1 amide bonds. The molecule has 0 unspecified atom stereocenters. The molecule has 2 fully saturated rings. The SMILES string of the molecule is CNCc1ccc2c(c1)[C+]([C@H]1/C=C/c3c(OC)cc4c5c(c(C(=O)CN6Cc7ccccc7C6=O)c(O)c4c3O[C@H]3O[C@H](CO1)[C@@H](O)[C@H](O)[C@]3(O)CO)[C@@H]1CCC[C@@H]1CC5)C=N2. The van der Waals surface area contributed by atoms with Crippen LogP contribution in [-0.4, -0.2) is 119 Å². The Hall–Kier alpha value is -5.32. The summed E-state index contributed by atoms with van der Waals surface area (Å²) in [6.07, 6.45) is 1.91. The van der Waals surface area contributed by atoms with Crippen molar-refractivity contribution in [2.45, 2.75) is 87.4 Å². The third-order valence-electron chi connectivity index (χ3n) is 13.9. The highest BCUT2D eigenvalue weighted by atomic mass is 16.7. The molecular formula is C48H50N3O11+. The molecule has 0 aromatic heterocycles. The van der Waals surface area contributed by atoms with Crippen molar-refractivity contribution in [1.29, 1.82) is 0 Å². The van der Waals surface area contributed by atoms with Crippen molar-refractivity contribution in [3.8, 4) is 17.2 Å². The molecule has 0 radical (unpaired) electrons. The second-order valence-corrected chi connectivity index (χ2v) is 17.4. The number of aliphatic hydroxyl groups is 4. The standard InChI is InChI=1S/C48H49N3O11/c1-49-18-24-10-14-34-31(16-24)33(19-50-34)36-15-13-30-37(59-2)17-32-29-12-11-25-7-5-9-27(25)39(29)41(35(53)21-51-20-26-6-3-4-8-28(26)46(51)57)43(55)40(32)44(30)62-47-48(58,23-52)45(56)42(54)38(61-47)22-60-36/h3-4,6,8,10,13-17,19,25,27,36,38,42,45,47,49,52,54,56,58H,5,7,9,11-12,18,20-23H2,1-2H3/p+1/b15-13+/t25-,27-,36-,38-,42-,45+,47-,48-/m1/s1. The van der Waals surface area contributed by atoms with Gasteiger partial charge in [-0.1, -0.05) is 24.6 Å². The van der Waals surface area contributed by atoms with Crippen LogP contribution in [0.4, 0.5) is 5.69 Å². The summed E-state index contributed by atoms with van der Waals surface area (Å²) in [6, 6.07) is 15.0. The van der Waals surface area contributed by atoms with E-state index < -0.39 is 48.7 Å². The molecule has 62 heavy (non-hydrogen) atoms. The van der Waals surface area contributed by atoms with Crippen molar-refractivity contribution < 1.29 is 54.1 Å². The van der Waals surface area contributed by atoms with Gasteiger partial charge in [0.15, 0.2) is 22.6 Å². The van der Waals surface area contributed by atoms with Crippen LogP contribution < -0.4 is 14.8 Å². The van der Waals surface area contributed by atoms with Crippen molar-refractivity contribution in [2.75, 3.05) is 33.9 Å². The number of phenolic OH excluding ortho intramolecular Hbond substituents is 1. The molecule has 6 N–H and O–H groups in total. The number of benzene rings is 4. The minimum atomic E-state index is -2.56. The summed E-state index contributed by atoms with van der Waals surface area (Å²) in [5.74, 6) is 0.262. The topological polar surface area (TPSA) is 200 Å². The Bertz CT molecular complexity index is 2540. The van der Waals surface area contributed by atoms with Gasteiger partial charge in [-0.15, -0.1) is 0 Å². The first kappa shape index (κ1) is 40.7. The second kappa shape index (κ2) is 15.8. The molecule has 14 heteroatoms. The minimum absolute atomic E-state index is 0.00146. The summed E-state index contributed by atoms with van der Waals surface area (Å²) < 4.78 is 25.5. The number of aliphatic imine (C=N–C) groups is 1. The van der Waals surface area contributed by atoms with Gasteiger partial charge in [0.05, 0.1) is 49.4 Å². The zero-order valence-electron chi connectivity index (χ0n) is 34.5. The van der Waals surface area contributed by atoms with Gasteiger partial charge in [-0.2, -0.15) is 4.99 Å². The monoisotopic (exact) mass is 844 g/mol. The second-order valence-electron chi connectivity index (χ2n) is 17.4. The normalized spacial score (nSPS) is 29.0. The number of nitrogens with zero attached hydrogens (tertiary/aromatic N) is 2. The van der Waals surface area contributed by atoms with Crippen LogP contribution in [0, 0.1) is 11.8 Å². The van der Waals surface area contributed by atoms with Gasteiger partial charge in [-0.25, -0.2) is 0 Å². The number of hydrogen-bond donors (Lipinski definition) is 6. The fraction of sp³-hybridized carbons (Fsp3) is 0.417. The largest absolute Gasteiger partial charge is 0.506 e. The Kier molecular flexibility index (Phi) is 10.4. The predicted molar refractivity (Wildman–Crippen MR) is 228 cm³/mol. The highest BCUT2D eigenvalue weighted by Gasteiger charge is 2.57.